The Hall–Kier alpha value is -3.31. The van der Waals surface area contributed by atoms with Crippen LogP contribution in [0.1, 0.15) is 71.7 Å². The van der Waals surface area contributed by atoms with E-state index in [1.165, 1.54) is 12.1 Å². The van der Waals surface area contributed by atoms with Crippen LogP contribution in [-0.4, -0.2) is 38.9 Å². The average molecular weight is 598 g/mol. The molecule has 3 aromatic rings. The molecule has 0 spiro atoms. The van der Waals surface area contributed by atoms with Crippen molar-refractivity contribution in [2.24, 2.45) is 16.8 Å². The van der Waals surface area contributed by atoms with Crippen molar-refractivity contribution in [3.05, 3.63) is 64.9 Å². The molecule has 1 aliphatic heterocycles. The minimum Gasteiger partial charge on any atom is -0.478 e. The van der Waals surface area contributed by atoms with Gasteiger partial charge in [-0.15, -0.1) is 24.9 Å². The third-order valence-corrected chi connectivity index (χ3v) is 10.4. The van der Waals surface area contributed by atoms with Crippen molar-refractivity contribution in [3.8, 4) is 17.0 Å². The van der Waals surface area contributed by atoms with E-state index in [9.17, 15) is 23.1 Å². The van der Waals surface area contributed by atoms with E-state index in [0.29, 0.717) is 41.3 Å². The average Bonchev–Trinajstić information content (AvgIpc) is 3.51. The van der Waals surface area contributed by atoms with Gasteiger partial charge in [-0.2, -0.15) is 0 Å². The van der Waals surface area contributed by atoms with Crippen molar-refractivity contribution in [1.29, 1.82) is 0 Å². The lowest BCUT2D eigenvalue weighted by atomic mass is 9.84. The summed E-state index contributed by atoms with van der Waals surface area (Å²) in [7, 11) is 0. The molecule has 1 aromatic heterocycles. The molecule has 220 valence electrons. The Morgan fingerprint density at radius 1 is 1.10 bits per heavy atom. The van der Waals surface area contributed by atoms with Gasteiger partial charge >= 0.3 is 12.3 Å². The number of alkyl halides is 3. The molecule has 2 heterocycles. The molecule has 0 amide bonds. The first kappa shape index (κ1) is 27.5. The number of hydrogen-bond acceptors (Lipinski definition) is 7. The predicted octanol–water partition coefficient (Wildman–Crippen LogP) is 7.48. The van der Waals surface area contributed by atoms with E-state index in [4.69, 9.17) is 9.52 Å². The minimum atomic E-state index is -4.80. The van der Waals surface area contributed by atoms with Gasteiger partial charge in [-0.25, -0.2) is 9.79 Å². The molecule has 42 heavy (non-hydrogen) atoms. The SMILES string of the molecule is O=C(O)c1ccc2c(c1)CC(SC1C3CCC1CC(NCc1c(-c4ccccc4OC(F)(F)F)noc1C1CC1)C3)=N2. The first-order valence-corrected chi connectivity index (χ1v) is 15.3. The second-order valence-electron chi connectivity index (χ2n) is 11.8. The number of carboxylic acids is 1. The Morgan fingerprint density at radius 3 is 2.57 bits per heavy atom. The van der Waals surface area contributed by atoms with Gasteiger partial charge in [0.05, 0.1) is 16.3 Å². The second-order valence-corrected chi connectivity index (χ2v) is 13.0. The topological polar surface area (TPSA) is 97.0 Å². The number of aromatic carboxylic acids is 1. The van der Waals surface area contributed by atoms with Crippen LogP contribution in [0.15, 0.2) is 52.0 Å². The Kier molecular flexibility index (Phi) is 7.05. The van der Waals surface area contributed by atoms with E-state index in [1.807, 2.05) is 11.8 Å². The summed E-state index contributed by atoms with van der Waals surface area (Å²) in [5.74, 6) is 0.884. The van der Waals surface area contributed by atoms with E-state index in [-0.39, 0.29) is 23.3 Å². The molecule has 11 heteroatoms. The van der Waals surface area contributed by atoms with Gasteiger partial charge < -0.3 is 19.7 Å². The predicted molar refractivity (Wildman–Crippen MR) is 152 cm³/mol. The molecule has 0 radical (unpaired) electrons. The van der Waals surface area contributed by atoms with Crippen LogP contribution in [0.3, 0.4) is 0 Å². The zero-order valence-electron chi connectivity index (χ0n) is 22.7. The maximum atomic E-state index is 13.1. The summed E-state index contributed by atoms with van der Waals surface area (Å²) in [5, 5.41) is 18.8. The molecular formula is C31H30F3N3O4S. The number of ether oxygens (including phenoxy) is 1. The largest absolute Gasteiger partial charge is 0.573 e. The summed E-state index contributed by atoms with van der Waals surface area (Å²) in [6.45, 7) is 0.473. The molecule has 3 aliphatic carbocycles. The number of carboxylic acid groups (broad SMARTS) is 1. The summed E-state index contributed by atoms with van der Waals surface area (Å²) >= 11 is 1.86. The number of rotatable bonds is 8. The summed E-state index contributed by atoms with van der Waals surface area (Å²) in [6.07, 6.45) is 2.21. The van der Waals surface area contributed by atoms with Gasteiger partial charge in [0.15, 0.2) is 0 Å². The molecule has 2 aromatic carbocycles. The van der Waals surface area contributed by atoms with E-state index >= 15 is 0 Å². The van der Waals surface area contributed by atoms with Crippen molar-refractivity contribution >= 4 is 28.5 Å². The van der Waals surface area contributed by atoms with Crippen LogP contribution in [-0.2, 0) is 13.0 Å². The first-order valence-electron chi connectivity index (χ1n) is 14.4. The number of aliphatic imine (C=N–C) groups is 1. The maximum Gasteiger partial charge on any atom is 0.573 e. The van der Waals surface area contributed by atoms with Crippen molar-refractivity contribution in [1.82, 2.24) is 10.5 Å². The standard InChI is InChI=1S/C31H30F3N3O4S/c32-31(33,34)40-25-4-2-1-3-22(25)27-23(28(41-37-27)16-5-6-16)15-35-21-12-17-7-8-18(13-21)29(17)42-26-14-20-11-19(30(38)39)9-10-24(20)36-26/h1-4,9-11,16-18,21,29,35H,5-8,12-15H2,(H,38,39). The van der Waals surface area contributed by atoms with E-state index < -0.39 is 12.3 Å². The van der Waals surface area contributed by atoms with Crippen LogP contribution >= 0.6 is 11.8 Å². The fourth-order valence-corrected chi connectivity index (χ4v) is 8.44. The molecular weight excluding hydrogens is 567 g/mol. The fourth-order valence-electron chi connectivity index (χ4n) is 6.86. The molecule has 4 aliphatic rings. The molecule has 7 rings (SSSR count). The lowest BCUT2D eigenvalue weighted by Crippen LogP contribution is -2.40. The summed E-state index contributed by atoms with van der Waals surface area (Å²) in [6, 6.07) is 11.5. The number of thioether (sulfide) groups is 1. The second kappa shape index (κ2) is 10.8. The smallest absolute Gasteiger partial charge is 0.478 e. The van der Waals surface area contributed by atoms with Gasteiger partial charge in [0.2, 0.25) is 0 Å². The third-order valence-electron chi connectivity index (χ3n) is 8.90. The molecule has 2 unspecified atom stereocenters. The van der Waals surface area contributed by atoms with Crippen molar-refractivity contribution in [2.75, 3.05) is 0 Å². The Bertz CT molecular complexity index is 1540. The van der Waals surface area contributed by atoms with Crippen molar-refractivity contribution in [3.63, 3.8) is 0 Å². The molecule has 7 nitrogen and oxygen atoms in total. The molecule has 3 saturated carbocycles. The van der Waals surface area contributed by atoms with Crippen molar-refractivity contribution < 1.29 is 32.3 Å². The monoisotopic (exact) mass is 597 g/mol. The Morgan fingerprint density at radius 2 is 1.86 bits per heavy atom. The lowest BCUT2D eigenvalue weighted by Gasteiger charge is -2.35. The minimum absolute atomic E-state index is 0.255. The molecule has 2 bridgehead atoms. The van der Waals surface area contributed by atoms with Crippen molar-refractivity contribution in [2.45, 2.75) is 75.1 Å². The molecule has 3 fully saturated rings. The highest BCUT2D eigenvalue weighted by Gasteiger charge is 2.44. The number of aromatic nitrogens is 1. The normalized spacial score (nSPS) is 24.9. The molecule has 2 N–H and O–H groups in total. The zero-order chi connectivity index (χ0) is 29.0. The first-order chi connectivity index (χ1) is 20.2. The number of halogens is 3. The zero-order valence-corrected chi connectivity index (χ0v) is 23.5. The van der Waals surface area contributed by atoms with Gasteiger partial charge in [0.1, 0.15) is 17.2 Å². The highest BCUT2D eigenvalue weighted by atomic mass is 32.2. The van der Waals surface area contributed by atoms with Crippen LogP contribution < -0.4 is 10.1 Å². The highest BCUT2D eigenvalue weighted by Crippen LogP contribution is 2.50. The van der Waals surface area contributed by atoms with Crippen LogP contribution in [0.2, 0.25) is 0 Å². The number of nitrogens with one attached hydrogen (secondary N) is 1. The van der Waals surface area contributed by atoms with Crippen LogP contribution in [0.4, 0.5) is 18.9 Å². The van der Waals surface area contributed by atoms with Gasteiger partial charge in [0, 0.05) is 41.3 Å². The van der Waals surface area contributed by atoms with Crippen LogP contribution in [0.25, 0.3) is 11.3 Å². The number of hydrogen-bond donors (Lipinski definition) is 2. The number of fused-ring (bicyclic) bond motifs is 3. The third kappa shape index (κ3) is 5.56. The lowest BCUT2D eigenvalue weighted by molar-refractivity contribution is -0.274. The number of carbonyl (C=O) groups is 1. The Labute approximate surface area is 244 Å². The quantitative estimate of drug-likeness (QED) is 0.278. The molecule has 2 atom stereocenters. The summed E-state index contributed by atoms with van der Waals surface area (Å²) in [4.78, 5) is 16.2. The summed E-state index contributed by atoms with van der Waals surface area (Å²) < 4.78 is 49.4. The van der Waals surface area contributed by atoms with Gasteiger partial charge in [-0.05, 0) is 86.3 Å². The molecule has 0 saturated heterocycles. The Balaban J connectivity index is 1.03. The van der Waals surface area contributed by atoms with Gasteiger partial charge in [-0.1, -0.05) is 17.3 Å². The number of nitrogens with zero attached hydrogens (tertiary/aromatic N) is 2. The van der Waals surface area contributed by atoms with Crippen LogP contribution in [0.5, 0.6) is 5.75 Å². The highest BCUT2D eigenvalue weighted by molar-refractivity contribution is 8.14. The number of benzene rings is 2. The van der Waals surface area contributed by atoms with Gasteiger partial charge in [-0.3, -0.25) is 0 Å². The van der Waals surface area contributed by atoms with E-state index in [2.05, 4.69) is 15.2 Å². The fraction of sp³-hybridized carbons (Fsp3) is 0.452. The van der Waals surface area contributed by atoms with Crippen LogP contribution in [0, 0.1) is 11.8 Å². The number of para-hydroxylation sites is 1. The van der Waals surface area contributed by atoms with E-state index in [1.54, 1.807) is 30.3 Å². The van der Waals surface area contributed by atoms with E-state index in [0.717, 1.165) is 66.1 Å². The maximum absolute atomic E-state index is 13.1. The summed E-state index contributed by atoms with van der Waals surface area (Å²) in [5.41, 5.74) is 3.62. The van der Waals surface area contributed by atoms with Gasteiger partial charge in [0.25, 0.3) is 0 Å².